The van der Waals surface area contributed by atoms with Crippen LogP contribution in [0.15, 0.2) is 12.3 Å². The summed E-state index contributed by atoms with van der Waals surface area (Å²) in [5.74, 6) is -1.69. The summed E-state index contributed by atoms with van der Waals surface area (Å²) in [6, 6.07) is 0. The lowest BCUT2D eigenvalue weighted by Crippen LogP contribution is -2.37. The van der Waals surface area contributed by atoms with Gasteiger partial charge in [0.1, 0.15) is 6.54 Å². The lowest BCUT2D eigenvalue weighted by molar-refractivity contribution is -0.870. The molecule has 0 N–H and O–H groups in total. The number of hydrogen-bond acceptors (Lipinski definition) is 5. The first-order valence-corrected chi connectivity index (χ1v) is 6.75. The third kappa shape index (κ3) is 7.37. The Morgan fingerprint density at radius 3 is 2.39 bits per heavy atom. The molecule has 2 unspecified atom stereocenters. The largest absolute Gasteiger partial charge is 0.553 e. The summed E-state index contributed by atoms with van der Waals surface area (Å²) in [5, 5.41) is 0. The molecule has 0 fully saturated rings. The van der Waals surface area contributed by atoms with Crippen LogP contribution < -0.4 is 0 Å². The van der Waals surface area contributed by atoms with Gasteiger partial charge in [0, 0.05) is 6.92 Å². The molecule has 0 saturated carbocycles. The van der Waals surface area contributed by atoms with Crippen molar-refractivity contribution in [1.82, 2.24) is 0 Å². The summed E-state index contributed by atoms with van der Waals surface area (Å²) in [6.07, 6.45) is 0. The maximum atomic E-state index is 11.6. The molecule has 18 heavy (non-hydrogen) atoms. The Bertz CT molecular complexity index is 324. The molecule has 7 heteroatoms. The van der Waals surface area contributed by atoms with Crippen LogP contribution in [0.2, 0.25) is 0 Å². The molecule has 0 aliphatic heterocycles. The van der Waals surface area contributed by atoms with Crippen LogP contribution in [0.4, 0.5) is 0 Å². The number of methoxy groups -OCH3 is 1. The van der Waals surface area contributed by atoms with E-state index in [1.54, 1.807) is 0 Å². The fraction of sp³-hybridized carbons (Fsp3) is 0.727. The monoisotopic (exact) mass is 279 g/mol. The molecule has 0 heterocycles. The molecule has 0 aliphatic carbocycles. The smallest absolute Gasteiger partial charge is 0.490 e. The molecule has 104 valence electrons. The normalized spacial score (nSPS) is 13.7. The van der Waals surface area contributed by atoms with E-state index in [-0.39, 0.29) is 5.76 Å². The topological polar surface area (TPSA) is 61.8 Å². The molecular formula is C11H22NO5P+2. The summed E-state index contributed by atoms with van der Waals surface area (Å²) < 4.78 is 27.0. The highest BCUT2D eigenvalue weighted by Crippen LogP contribution is 2.30. The molecule has 0 spiro atoms. The van der Waals surface area contributed by atoms with E-state index >= 15 is 0 Å². The van der Waals surface area contributed by atoms with Gasteiger partial charge in [0.05, 0.1) is 28.3 Å². The van der Waals surface area contributed by atoms with Gasteiger partial charge in [-0.15, -0.1) is 4.52 Å². The molecule has 0 rings (SSSR count). The molecule has 0 amide bonds. The Hall–Kier alpha value is -0.970. The van der Waals surface area contributed by atoms with Crippen molar-refractivity contribution in [2.45, 2.75) is 12.8 Å². The first-order chi connectivity index (χ1) is 8.17. The number of likely N-dealkylation sites (N-methyl/N-ethyl adjacent to an activating group) is 1. The first kappa shape index (κ1) is 17.0. The third-order valence-electron chi connectivity index (χ3n) is 2.03. The van der Waals surface area contributed by atoms with Crippen LogP contribution in [0.5, 0.6) is 0 Å². The van der Waals surface area contributed by atoms with E-state index < -0.39 is 19.8 Å². The van der Waals surface area contributed by atoms with E-state index in [1.807, 2.05) is 21.1 Å². The number of carbonyl (C=O) groups excluding carboxylic acids is 1. The van der Waals surface area contributed by atoms with Crippen LogP contribution >= 0.6 is 8.03 Å². The minimum absolute atomic E-state index is 0.128. The van der Waals surface area contributed by atoms with Crippen LogP contribution in [0.3, 0.4) is 0 Å². The van der Waals surface area contributed by atoms with Crippen molar-refractivity contribution < 1.29 is 27.8 Å². The molecule has 0 saturated heterocycles. The van der Waals surface area contributed by atoms with Gasteiger partial charge in [-0.3, -0.25) is 0 Å². The predicted molar refractivity (Wildman–Crippen MR) is 68.2 cm³/mol. The van der Waals surface area contributed by atoms with Gasteiger partial charge in [0.15, 0.2) is 12.4 Å². The zero-order chi connectivity index (χ0) is 14.3. The fourth-order valence-corrected chi connectivity index (χ4v) is 1.51. The summed E-state index contributed by atoms with van der Waals surface area (Å²) >= 11 is 0. The number of hydrogen-bond donors (Lipinski definition) is 0. The number of nitrogens with zero attached hydrogens (tertiary/aromatic N) is 1. The van der Waals surface area contributed by atoms with E-state index in [2.05, 4.69) is 11.3 Å². The van der Waals surface area contributed by atoms with Gasteiger partial charge in [0.2, 0.25) is 0 Å². The SMILES string of the molecule is C=C(OC)C(=O)OC(C)[P+](=O)OCC[N+](C)(C)C. The number of quaternary nitrogens is 1. The van der Waals surface area contributed by atoms with Gasteiger partial charge in [-0.2, -0.15) is 0 Å². The van der Waals surface area contributed by atoms with Crippen molar-refractivity contribution in [3.05, 3.63) is 12.3 Å². The lowest BCUT2D eigenvalue weighted by Gasteiger charge is -2.22. The Morgan fingerprint density at radius 1 is 1.39 bits per heavy atom. The summed E-state index contributed by atoms with van der Waals surface area (Å²) in [7, 11) is 5.26. The second-order valence-corrected chi connectivity index (χ2v) is 6.32. The highest BCUT2D eigenvalue weighted by atomic mass is 31.1. The van der Waals surface area contributed by atoms with E-state index in [9.17, 15) is 9.36 Å². The molecule has 0 aromatic heterocycles. The van der Waals surface area contributed by atoms with Crippen molar-refractivity contribution in [2.75, 3.05) is 41.4 Å². The summed E-state index contributed by atoms with van der Waals surface area (Å²) in [6.45, 7) is 5.90. The first-order valence-electron chi connectivity index (χ1n) is 5.51. The van der Waals surface area contributed by atoms with Gasteiger partial charge < -0.3 is 14.0 Å². The molecule has 0 aromatic rings. The Kier molecular flexibility index (Phi) is 7.06. The van der Waals surface area contributed by atoms with Crippen molar-refractivity contribution >= 4 is 14.0 Å². The quantitative estimate of drug-likeness (QED) is 0.221. The summed E-state index contributed by atoms with van der Waals surface area (Å²) in [4.78, 5) is 11.3. The number of rotatable bonds is 8. The Morgan fingerprint density at radius 2 is 1.94 bits per heavy atom. The highest BCUT2D eigenvalue weighted by molar-refractivity contribution is 7.39. The molecule has 0 aromatic carbocycles. The molecule has 0 aliphatic rings. The lowest BCUT2D eigenvalue weighted by atomic mass is 10.5. The average molecular weight is 279 g/mol. The van der Waals surface area contributed by atoms with Crippen LogP contribution in [0, 0.1) is 0 Å². The minimum atomic E-state index is -2.06. The molecule has 0 bridgehead atoms. The Balaban J connectivity index is 4.04. The van der Waals surface area contributed by atoms with Gasteiger partial charge in [-0.1, -0.05) is 0 Å². The van der Waals surface area contributed by atoms with Crippen molar-refractivity contribution in [3.63, 3.8) is 0 Å². The zero-order valence-corrected chi connectivity index (χ0v) is 12.5. The number of ether oxygens (including phenoxy) is 2. The standard InChI is InChI=1S/C11H22NO5P/c1-9(15-6)11(13)17-10(2)18(14)16-8-7-12(3,4)5/h10H,1,7-8H2,2-6H3/q+2. The van der Waals surface area contributed by atoms with E-state index in [0.29, 0.717) is 17.6 Å². The third-order valence-corrected chi connectivity index (χ3v) is 3.17. The second kappa shape index (κ2) is 7.46. The van der Waals surface area contributed by atoms with Crippen molar-refractivity contribution in [3.8, 4) is 0 Å². The maximum absolute atomic E-state index is 11.6. The molecular weight excluding hydrogens is 257 g/mol. The predicted octanol–water partition coefficient (Wildman–Crippen LogP) is 1.50. The van der Waals surface area contributed by atoms with Crippen LogP contribution in [-0.2, 0) is 23.4 Å². The average Bonchev–Trinajstić information content (AvgIpc) is 2.25. The molecule has 6 nitrogen and oxygen atoms in total. The van der Waals surface area contributed by atoms with Crippen LogP contribution in [0.1, 0.15) is 6.92 Å². The minimum Gasteiger partial charge on any atom is -0.490 e. The van der Waals surface area contributed by atoms with Crippen molar-refractivity contribution in [2.24, 2.45) is 0 Å². The molecule has 2 atom stereocenters. The van der Waals surface area contributed by atoms with E-state index in [0.717, 1.165) is 0 Å². The van der Waals surface area contributed by atoms with Gasteiger partial charge in [0.25, 0.3) is 0 Å². The van der Waals surface area contributed by atoms with Gasteiger partial charge >= 0.3 is 19.8 Å². The van der Waals surface area contributed by atoms with E-state index in [4.69, 9.17) is 9.26 Å². The van der Waals surface area contributed by atoms with Crippen molar-refractivity contribution in [1.29, 1.82) is 0 Å². The van der Waals surface area contributed by atoms with Crippen LogP contribution in [0.25, 0.3) is 0 Å². The Labute approximate surface area is 109 Å². The highest BCUT2D eigenvalue weighted by Gasteiger charge is 2.33. The maximum Gasteiger partial charge on any atom is 0.553 e. The van der Waals surface area contributed by atoms with E-state index in [1.165, 1.54) is 14.0 Å². The second-order valence-electron chi connectivity index (χ2n) is 4.76. The fourth-order valence-electron chi connectivity index (χ4n) is 0.857. The summed E-state index contributed by atoms with van der Waals surface area (Å²) in [5.41, 5.74) is 0. The number of esters is 1. The molecule has 0 radical (unpaired) electrons. The van der Waals surface area contributed by atoms with Gasteiger partial charge in [-0.05, 0) is 11.1 Å². The number of carbonyl (C=O) groups is 1. The van der Waals surface area contributed by atoms with Crippen LogP contribution in [-0.4, -0.2) is 57.7 Å². The van der Waals surface area contributed by atoms with Gasteiger partial charge in [-0.25, -0.2) is 4.79 Å². The zero-order valence-electron chi connectivity index (χ0n) is 11.6.